The lowest BCUT2D eigenvalue weighted by Crippen LogP contribution is -2.44. The van der Waals surface area contributed by atoms with E-state index in [9.17, 15) is 9.59 Å². The molecule has 2 fully saturated rings. The van der Waals surface area contributed by atoms with E-state index in [1.165, 1.54) is 0 Å². The molecule has 16 heavy (non-hydrogen) atoms. The summed E-state index contributed by atoms with van der Waals surface area (Å²) in [4.78, 5) is 24.8. The highest BCUT2D eigenvalue weighted by Gasteiger charge is 2.32. The topological polar surface area (TPSA) is 57.6 Å². The number of piperidine rings is 1. The van der Waals surface area contributed by atoms with Crippen molar-refractivity contribution in [1.82, 2.24) is 4.90 Å². The third-order valence-electron chi connectivity index (χ3n) is 3.79. The SMILES string of the molecule is O=C(O)C1CCCN(C(=O)C2CCCC2)C1. The first-order valence-electron chi connectivity index (χ1n) is 6.20. The van der Waals surface area contributed by atoms with Crippen LogP contribution in [0.25, 0.3) is 0 Å². The Morgan fingerprint density at radius 1 is 1.00 bits per heavy atom. The third kappa shape index (κ3) is 2.36. The number of hydrogen-bond acceptors (Lipinski definition) is 2. The number of rotatable bonds is 2. The maximum Gasteiger partial charge on any atom is 0.308 e. The number of carboxylic acid groups (broad SMARTS) is 1. The fraction of sp³-hybridized carbons (Fsp3) is 0.833. The van der Waals surface area contributed by atoms with Crippen molar-refractivity contribution in [3.8, 4) is 0 Å². The highest BCUT2D eigenvalue weighted by molar-refractivity contribution is 5.80. The van der Waals surface area contributed by atoms with Gasteiger partial charge in [-0.3, -0.25) is 9.59 Å². The second-order valence-corrected chi connectivity index (χ2v) is 4.94. The Hall–Kier alpha value is -1.06. The number of amides is 1. The van der Waals surface area contributed by atoms with Crippen LogP contribution in [0.4, 0.5) is 0 Å². The van der Waals surface area contributed by atoms with Gasteiger partial charge >= 0.3 is 5.97 Å². The van der Waals surface area contributed by atoms with Gasteiger partial charge in [0.25, 0.3) is 0 Å². The monoisotopic (exact) mass is 225 g/mol. The Bertz CT molecular complexity index is 284. The van der Waals surface area contributed by atoms with Crippen molar-refractivity contribution < 1.29 is 14.7 Å². The fourth-order valence-electron chi connectivity index (χ4n) is 2.81. The Morgan fingerprint density at radius 2 is 1.62 bits per heavy atom. The molecule has 2 aliphatic rings. The van der Waals surface area contributed by atoms with Gasteiger partial charge in [0.05, 0.1) is 5.92 Å². The van der Waals surface area contributed by atoms with Gasteiger partial charge < -0.3 is 10.0 Å². The molecular formula is C12H19NO3. The van der Waals surface area contributed by atoms with E-state index in [1.807, 2.05) is 0 Å². The molecule has 0 aromatic carbocycles. The normalized spacial score (nSPS) is 27.0. The minimum atomic E-state index is -0.760. The van der Waals surface area contributed by atoms with Crippen LogP contribution in [-0.2, 0) is 9.59 Å². The summed E-state index contributed by atoms with van der Waals surface area (Å²) in [5.74, 6) is -0.737. The summed E-state index contributed by atoms with van der Waals surface area (Å²) in [7, 11) is 0. The molecule has 1 saturated carbocycles. The zero-order chi connectivity index (χ0) is 11.5. The average Bonchev–Trinajstić information content (AvgIpc) is 2.81. The molecule has 0 aromatic rings. The number of hydrogen-bond donors (Lipinski definition) is 1. The summed E-state index contributed by atoms with van der Waals surface area (Å²) >= 11 is 0. The van der Waals surface area contributed by atoms with Crippen LogP contribution >= 0.6 is 0 Å². The molecule has 1 unspecified atom stereocenters. The molecule has 1 atom stereocenters. The van der Waals surface area contributed by atoms with Crippen LogP contribution in [0, 0.1) is 11.8 Å². The van der Waals surface area contributed by atoms with Crippen LogP contribution in [-0.4, -0.2) is 35.0 Å². The summed E-state index contributed by atoms with van der Waals surface area (Å²) in [5.41, 5.74) is 0. The van der Waals surface area contributed by atoms with Gasteiger partial charge in [0.15, 0.2) is 0 Å². The second-order valence-electron chi connectivity index (χ2n) is 4.94. The summed E-state index contributed by atoms with van der Waals surface area (Å²) in [6.45, 7) is 1.17. The van der Waals surface area contributed by atoms with Gasteiger partial charge in [0.1, 0.15) is 0 Å². The second kappa shape index (κ2) is 4.85. The van der Waals surface area contributed by atoms with E-state index in [2.05, 4.69) is 0 Å². The van der Waals surface area contributed by atoms with Gasteiger partial charge in [-0.1, -0.05) is 12.8 Å². The molecule has 1 amide bonds. The molecule has 2 rings (SSSR count). The molecule has 0 spiro atoms. The van der Waals surface area contributed by atoms with Crippen molar-refractivity contribution in [2.75, 3.05) is 13.1 Å². The van der Waals surface area contributed by atoms with Crippen LogP contribution in [0.2, 0.25) is 0 Å². The first kappa shape index (κ1) is 11.4. The van der Waals surface area contributed by atoms with E-state index < -0.39 is 5.97 Å². The lowest BCUT2D eigenvalue weighted by atomic mass is 9.96. The van der Waals surface area contributed by atoms with Crippen LogP contribution in [0.15, 0.2) is 0 Å². The van der Waals surface area contributed by atoms with Crippen molar-refractivity contribution in [2.45, 2.75) is 38.5 Å². The molecule has 1 N–H and O–H groups in total. The van der Waals surface area contributed by atoms with E-state index in [0.717, 1.165) is 38.6 Å². The van der Waals surface area contributed by atoms with Crippen LogP contribution in [0.3, 0.4) is 0 Å². The maximum atomic E-state index is 12.1. The molecule has 1 heterocycles. The van der Waals surface area contributed by atoms with E-state index >= 15 is 0 Å². The standard InChI is InChI=1S/C12H19NO3/c14-11(9-4-1-2-5-9)13-7-3-6-10(8-13)12(15)16/h9-10H,1-8H2,(H,15,16). The lowest BCUT2D eigenvalue weighted by molar-refractivity contribution is -0.146. The molecule has 4 nitrogen and oxygen atoms in total. The zero-order valence-electron chi connectivity index (χ0n) is 9.52. The van der Waals surface area contributed by atoms with Crippen LogP contribution in [0.5, 0.6) is 0 Å². The summed E-state index contributed by atoms with van der Waals surface area (Å²) in [6, 6.07) is 0. The first-order valence-corrected chi connectivity index (χ1v) is 6.20. The number of carbonyl (C=O) groups is 2. The summed E-state index contributed by atoms with van der Waals surface area (Å²) in [6.07, 6.45) is 5.82. The molecule has 4 heteroatoms. The summed E-state index contributed by atoms with van der Waals surface area (Å²) < 4.78 is 0. The maximum absolute atomic E-state index is 12.1. The fourth-order valence-corrected chi connectivity index (χ4v) is 2.81. The van der Waals surface area contributed by atoms with Gasteiger partial charge in [-0.05, 0) is 25.7 Å². The van der Waals surface area contributed by atoms with E-state index in [4.69, 9.17) is 5.11 Å². The van der Waals surface area contributed by atoms with Gasteiger partial charge in [-0.15, -0.1) is 0 Å². The molecule has 0 radical (unpaired) electrons. The molecule has 1 aliphatic carbocycles. The van der Waals surface area contributed by atoms with Crippen molar-refractivity contribution in [1.29, 1.82) is 0 Å². The first-order chi connectivity index (χ1) is 7.68. The number of likely N-dealkylation sites (tertiary alicyclic amines) is 1. The Labute approximate surface area is 95.6 Å². The minimum absolute atomic E-state index is 0.174. The van der Waals surface area contributed by atoms with Gasteiger partial charge in [0, 0.05) is 19.0 Å². The molecule has 0 aromatic heterocycles. The van der Waals surface area contributed by atoms with Gasteiger partial charge in [-0.25, -0.2) is 0 Å². The van der Waals surface area contributed by atoms with Gasteiger partial charge in [0.2, 0.25) is 5.91 Å². The molecular weight excluding hydrogens is 206 g/mol. The Kier molecular flexibility index (Phi) is 3.46. The Morgan fingerprint density at radius 3 is 2.25 bits per heavy atom. The van der Waals surface area contributed by atoms with Crippen LogP contribution in [0.1, 0.15) is 38.5 Å². The predicted molar refractivity (Wildman–Crippen MR) is 58.9 cm³/mol. The highest BCUT2D eigenvalue weighted by Crippen LogP contribution is 2.28. The highest BCUT2D eigenvalue weighted by atomic mass is 16.4. The predicted octanol–water partition coefficient (Wildman–Crippen LogP) is 1.50. The van der Waals surface area contributed by atoms with Gasteiger partial charge in [-0.2, -0.15) is 0 Å². The van der Waals surface area contributed by atoms with Crippen molar-refractivity contribution in [3.05, 3.63) is 0 Å². The number of carbonyl (C=O) groups excluding carboxylic acids is 1. The number of carboxylic acids is 1. The van der Waals surface area contributed by atoms with E-state index in [0.29, 0.717) is 13.0 Å². The smallest absolute Gasteiger partial charge is 0.308 e. The lowest BCUT2D eigenvalue weighted by Gasteiger charge is -2.32. The van der Waals surface area contributed by atoms with Crippen molar-refractivity contribution >= 4 is 11.9 Å². The largest absolute Gasteiger partial charge is 0.481 e. The molecule has 1 aliphatic heterocycles. The number of nitrogens with zero attached hydrogens (tertiary/aromatic N) is 1. The third-order valence-corrected chi connectivity index (χ3v) is 3.79. The van der Waals surface area contributed by atoms with E-state index in [1.54, 1.807) is 4.90 Å². The molecule has 1 saturated heterocycles. The average molecular weight is 225 g/mol. The minimum Gasteiger partial charge on any atom is -0.481 e. The molecule has 90 valence electrons. The molecule has 0 bridgehead atoms. The van der Waals surface area contributed by atoms with Crippen molar-refractivity contribution in [3.63, 3.8) is 0 Å². The number of aliphatic carboxylic acids is 1. The summed E-state index contributed by atoms with van der Waals surface area (Å²) in [5, 5.41) is 8.97. The van der Waals surface area contributed by atoms with Crippen LogP contribution < -0.4 is 0 Å². The Balaban J connectivity index is 1.93. The quantitative estimate of drug-likeness (QED) is 0.774. The van der Waals surface area contributed by atoms with Crippen molar-refractivity contribution in [2.24, 2.45) is 11.8 Å². The zero-order valence-corrected chi connectivity index (χ0v) is 9.52. The van der Waals surface area contributed by atoms with E-state index in [-0.39, 0.29) is 17.7 Å².